The van der Waals surface area contributed by atoms with E-state index in [2.05, 4.69) is 41.4 Å². The third kappa shape index (κ3) is 4.37. The third-order valence-electron chi connectivity index (χ3n) is 4.05. The normalized spacial score (nSPS) is 10.6. The summed E-state index contributed by atoms with van der Waals surface area (Å²) < 4.78 is 5.66. The lowest BCUT2D eigenvalue weighted by atomic mass is 10.0. The molecule has 128 valence electrons. The molecule has 0 fully saturated rings. The Kier molecular flexibility index (Phi) is 5.80. The van der Waals surface area contributed by atoms with Crippen LogP contribution in [0.5, 0.6) is 5.75 Å². The zero-order valence-electron chi connectivity index (χ0n) is 14.7. The van der Waals surface area contributed by atoms with Crippen LogP contribution in [0.25, 0.3) is 22.4 Å². The van der Waals surface area contributed by atoms with Gasteiger partial charge in [-0.3, -0.25) is 4.98 Å². The number of allylic oxidation sites excluding steroid dienone is 1. The first-order valence-corrected chi connectivity index (χ1v) is 8.61. The number of hydrogen-bond acceptors (Lipinski definition) is 3. The molecule has 0 aliphatic rings. The minimum Gasteiger partial charge on any atom is -0.492 e. The maximum Gasteiger partial charge on any atom is 0.137 e. The van der Waals surface area contributed by atoms with Crippen LogP contribution in [0, 0.1) is 11.3 Å². The third-order valence-corrected chi connectivity index (χ3v) is 4.05. The smallest absolute Gasteiger partial charge is 0.137 e. The first kappa shape index (κ1) is 17.4. The summed E-state index contributed by atoms with van der Waals surface area (Å²) in [6.07, 6.45) is 6.76. The molecule has 0 spiro atoms. The average Bonchev–Trinajstić information content (AvgIpc) is 2.72. The quantitative estimate of drug-likeness (QED) is 0.431. The van der Waals surface area contributed by atoms with Crippen LogP contribution in [0.2, 0.25) is 0 Å². The molecule has 2 aromatic carbocycles. The van der Waals surface area contributed by atoms with Crippen molar-refractivity contribution in [3.05, 3.63) is 84.6 Å². The fraction of sp³-hybridized carbons (Fsp3) is 0.130. The highest BCUT2D eigenvalue weighted by atomic mass is 16.5. The zero-order valence-corrected chi connectivity index (χ0v) is 14.7. The van der Waals surface area contributed by atoms with Gasteiger partial charge in [0.1, 0.15) is 5.75 Å². The predicted molar refractivity (Wildman–Crippen MR) is 105 cm³/mol. The minimum atomic E-state index is 0.657. The highest BCUT2D eigenvalue weighted by molar-refractivity contribution is 5.69. The van der Waals surface area contributed by atoms with E-state index in [4.69, 9.17) is 10.00 Å². The van der Waals surface area contributed by atoms with Crippen molar-refractivity contribution in [3.8, 4) is 34.2 Å². The standard InChI is InChI=1S/C23H20N2O/c1-2-3-4-15-26-22-13-14-23(25-17-22)21-11-9-20(10-12-21)19-7-5-18(16-24)6-8-19/h2-3,5-14,17H,4,15H2,1H3/b3-2-. The number of hydrogen-bond donors (Lipinski definition) is 0. The Morgan fingerprint density at radius 3 is 2.15 bits per heavy atom. The van der Waals surface area contributed by atoms with Gasteiger partial charge in [-0.1, -0.05) is 48.6 Å². The van der Waals surface area contributed by atoms with Gasteiger partial charge in [-0.25, -0.2) is 0 Å². The van der Waals surface area contributed by atoms with Crippen LogP contribution in [-0.4, -0.2) is 11.6 Å². The van der Waals surface area contributed by atoms with Crippen molar-refractivity contribution in [1.29, 1.82) is 5.26 Å². The van der Waals surface area contributed by atoms with Gasteiger partial charge in [-0.2, -0.15) is 5.26 Å². The lowest BCUT2D eigenvalue weighted by Crippen LogP contribution is -1.96. The number of nitrogens with zero attached hydrogens (tertiary/aromatic N) is 2. The second-order valence-corrected chi connectivity index (χ2v) is 5.85. The maximum atomic E-state index is 8.88. The highest BCUT2D eigenvalue weighted by Gasteiger charge is 2.03. The highest BCUT2D eigenvalue weighted by Crippen LogP contribution is 2.25. The Morgan fingerprint density at radius 2 is 1.58 bits per heavy atom. The van der Waals surface area contributed by atoms with Crippen molar-refractivity contribution in [2.75, 3.05) is 6.61 Å². The first-order valence-electron chi connectivity index (χ1n) is 8.61. The summed E-state index contributed by atoms with van der Waals surface area (Å²) in [4.78, 5) is 4.49. The largest absolute Gasteiger partial charge is 0.492 e. The summed E-state index contributed by atoms with van der Waals surface area (Å²) in [5, 5.41) is 8.88. The monoisotopic (exact) mass is 340 g/mol. The van der Waals surface area contributed by atoms with Gasteiger partial charge in [-0.05, 0) is 48.7 Å². The Hall–Kier alpha value is -3.38. The first-order chi connectivity index (χ1) is 12.8. The molecule has 0 aliphatic carbocycles. The van der Waals surface area contributed by atoms with Gasteiger partial charge in [0.15, 0.2) is 0 Å². The lowest BCUT2D eigenvalue weighted by molar-refractivity contribution is 0.323. The molecule has 1 heterocycles. The van der Waals surface area contributed by atoms with Gasteiger partial charge in [0.25, 0.3) is 0 Å². The van der Waals surface area contributed by atoms with Crippen LogP contribution in [0.1, 0.15) is 18.9 Å². The lowest BCUT2D eigenvalue weighted by Gasteiger charge is -2.07. The minimum absolute atomic E-state index is 0.657. The number of rotatable bonds is 6. The number of benzene rings is 2. The fourth-order valence-corrected chi connectivity index (χ4v) is 2.62. The molecule has 0 saturated heterocycles. The van der Waals surface area contributed by atoms with E-state index in [9.17, 15) is 0 Å². The second kappa shape index (κ2) is 8.64. The number of aromatic nitrogens is 1. The van der Waals surface area contributed by atoms with Gasteiger partial charge in [-0.15, -0.1) is 0 Å². The summed E-state index contributed by atoms with van der Waals surface area (Å²) in [6, 6.07) is 21.9. The van der Waals surface area contributed by atoms with Crippen LogP contribution in [-0.2, 0) is 0 Å². The zero-order chi connectivity index (χ0) is 18.2. The van der Waals surface area contributed by atoms with E-state index >= 15 is 0 Å². The molecule has 0 aliphatic heterocycles. The SMILES string of the molecule is C/C=C\CCOc1ccc(-c2ccc(-c3ccc(C#N)cc3)cc2)nc1. The number of pyridine rings is 1. The molecule has 0 bridgehead atoms. The van der Waals surface area contributed by atoms with Crippen molar-refractivity contribution in [2.24, 2.45) is 0 Å². The molecular formula is C23H20N2O. The summed E-state index contributed by atoms with van der Waals surface area (Å²) >= 11 is 0. The molecule has 3 heteroatoms. The average molecular weight is 340 g/mol. The molecular weight excluding hydrogens is 320 g/mol. The molecule has 0 radical (unpaired) electrons. The van der Waals surface area contributed by atoms with Crippen LogP contribution in [0.3, 0.4) is 0 Å². The number of nitriles is 1. The Balaban J connectivity index is 1.69. The fourth-order valence-electron chi connectivity index (χ4n) is 2.62. The topological polar surface area (TPSA) is 45.9 Å². The summed E-state index contributed by atoms with van der Waals surface area (Å²) in [6.45, 7) is 2.66. The molecule has 0 amide bonds. The maximum absolute atomic E-state index is 8.88. The van der Waals surface area contributed by atoms with Gasteiger partial charge in [0.2, 0.25) is 0 Å². The van der Waals surface area contributed by atoms with Crippen molar-refractivity contribution < 1.29 is 4.74 Å². The van der Waals surface area contributed by atoms with E-state index in [-0.39, 0.29) is 0 Å². The van der Waals surface area contributed by atoms with Crippen molar-refractivity contribution in [3.63, 3.8) is 0 Å². The van der Waals surface area contributed by atoms with E-state index in [1.165, 1.54) is 0 Å². The van der Waals surface area contributed by atoms with Crippen LogP contribution in [0.15, 0.2) is 79.0 Å². The Labute approximate surface area is 154 Å². The summed E-state index contributed by atoms with van der Waals surface area (Å²) in [7, 11) is 0. The molecule has 3 rings (SSSR count). The molecule has 0 saturated carbocycles. The van der Waals surface area contributed by atoms with Crippen molar-refractivity contribution in [2.45, 2.75) is 13.3 Å². The van der Waals surface area contributed by atoms with Gasteiger partial charge in [0, 0.05) is 5.56 Å². The second-order valence-electron chi connectivity index (χ2n) is 5.85. The van der Waals surface area contributed by atoms with Gasteiger partial charge >= 0.3 is 0 Å². The predicted octanol–water partition coefficient (Wildman–Crippen LogP) is 5.63. The molecule has 26 heavy (non-hydrogen) atoms. The Morgan fingerprint density at radius 1 is 0.923 bits per heavy atom. The van der Waals surface area contributed by atoms with Crippen molar-refractivity contribution >= 4 is 0 Å². The summed E-state index contributed by atoms with van der Waals surface area (Å²) in [5.41, 5.74) is 4.85. The van der Waals surface area contributed by atoms with E-state index < -0.39 is 0 Å². The van der Waals surface area contributed by atoms with Crippen LogP contribution >= 0.6 is 0 Å². The van der Waals surface area contributed by atoms with Crippen LogP contribution in [0.4, 0.5) is 0 Å². The van der Waals surface area contributed by atoms with E-state index in [0.717, 1.165) is 34.6 Å². The van der Waals surface area contributed by atoms with Gasteiger partial charge < -0.3 is 4.74 Å². The van der Waals surface area contributed by atoms with E-state index in [0.29, 0.717) is 12.2 Å². The number of ether oxygens (including phenoxy) is 1. The molecule has 1 aromatic heterocycles. The Bertz CT molecular complexity index is 902. The van der Waals surface area contributed by atoms with Gasteiger partial charge in [0.05, 0.1) is 30.1 Å². The molecule has 3 aromatic rings. The molecule has 0 N–H and O–H groups in total. The molecule has 0 unspecified atom stereocenters. The van der Waals surface area contributed by atoms with Crippen molar-refractivity contribution in [1.82, 2.24) is 4.98 Å². The van der Waals surface area contributed by atoms with Crippen LogP contribution < -0.4 is 4.74 Å². The molecule has 3 nitrogen and oxygen atoms in total. The van der Waals surface area contributed by atoms with E-state index in [1.807, 2.05) is 49.4 Å². The van der Waals surface area contributed by atoms with E-state index in [1.54, 1.807) is 6.20 Å². The summed E-state index contributed by atoms with van der Waals surface area (Å²) in [5.74, 6) is 0.785. The molecule has 0 atom stereocenters.